The summed E-state index contributed by atoms with van der Waals surface area (Å²) >= 11 is 12.3. The minimum Gasteiger partial charge on any atom is -0.496 e. The van der Waals surface area contributed by atoms with Crippen LogP contribution in [0.2, 0.25) is 10.0 Å². The summed E-state index contributed by atoms with van der Waals surface area (Å²) in [6, 6.07) is 5.28. The van der Waals surface area contributed by atoms with Gasteiger partial charge in [-0.05, 0) is 26.0 Å². The summed E-state index contributed by atoms with van der Waals surface area (Å²) in [5.74, 6) is 0.512. The molecule has 108 valence electrons. The highest BCUT2D eigenvalue weighted by molar-refractivity contribution is 6.32. The van der Waals surface area contributed by atoms with Crippen LogP contribution in [0, 0.1) is 0 Å². The number of aliphatic hydroxyl groups is 1. The Balaban J connectivity index is 2.57. The van der Waals surface area contributed by atoms with Crippen molar-refractivity contribution in [3.8, 4) is 5.75 Å². The van der Waals surface area contributed by atoms with Gasteiger partial charge in [0, 0.05) is 11.6 Å². The van der Waals surface area contributed by atoms with Crippen LogP contribution in [0.25, 0.3) is 0 Å². The number of nitrogens with zero attached hydrogens (tertiary/aromatic N) is 2. The minimum absolute atomic E-state index is 0.0700. The average molecular weight is 315 g/mol. The van der Waals surface area contributed by atoms with Crippen LogP contribution in [0.15, 0.2) is 24.4 Å². The van der Waals surface area contributed by atoms with Crippen LogP contribution in [0.1, 0.15) is 37.3 Å². The van der Waals surface area contributed by atoms with E-state index in [1.54, 1.807) is 22.9 Å². The van der Waals surface area contributed by atoms with Gasteiger partial charge >= 0.3 is 0 Å². The molecule has 6 heteroatoms. The zero-order valence-electron chi connectivity index (χ0n) is 11.5. The van der Waals surface area contributed by atoms with Crippen molar-refractivity contribution in [2.24, 2.45) is 0 Å². The van der Waals surface area contributed by atoms with E-state index in [1.165, 1.54) is 13.3 Å². The van der Waals surface area contributed by atoms with Crippen molar-refractivity contribution < 1.29 is 9.84 Å². The second kappa shape index (κ2) is 6.04. The van der Waals surface area contributed by atoms with E-state index in [-0.39, 0.29) is 6.04 Å². The van der Waals surface area contributed by atoms with Crippen LogP contribution < -0.4 is 4.74 Å². The molecule has 0 aliphatic carbocycles. The van der Waals surface area contributed by atoms with Gasteiger partial charge in [-0.25, -0.2) is 0 Å². The molecular weight excluding hydrogens is 299 g/mol. The molecule has 1 aromatic carbocycles. The molecule has 0 saturated carbocycles. The predicted octanol–water partition coefficient (Wildman–Crippen LogP) is 3.86. The van der Waals surface area contributed by atoms with Gasteiger partial charge < -0.3 is 9.84 Å². The number of hydrogen-bond donors (Lipinski definition) is 1. The van der Waals surface area contributed by atoms with Gasteiger partial charge in [0.2, 0.25) is 0 Å². The zero-order chi connectivity index (χ0) is 14.9. The number of ether oxygens (including phenoxy) is 1. The van der Waals surface area contributed by atoms with Gasteiger partial charge in [0.15, 0.2) is 0 Å². The molecule has 0 saturated heterocycles. The first-order valence-corrected chi connectivity index (χ1v) is 6.96. The molecule has 0 fully saturated rings. The third-order valence-electron chi connectivity index (χ3n) is 3.04. The Morgan fingerprint density at radius 1 is 1.25 bits per heavy atom. The number of halogens is 2. The van der Waals surface area contributed by atoms with Gasteiger partial charge in [-0.2, -0.15) is 5.10 Å². The molecule has 0 radical (unpaired) electrons. The maximum absolute atomic E-state index is 10.7. The third-order valence-corrected chi connectivity index (χ3v) is 3.66. The zero-order valence-corrected chi connectivity index (χ0v) is 13.0. The van der Waals surface area contributed by atoms with Crippen molar-refractivity contribution in [1.82, 2.24) is 9.78 Å². The molecule has 1 N–H and O–H groups in total. The molecule has 20 heavy (non-hydrogen) atoms. The van der Waals surface area contributed by atoms with E-state index < -0.39 is 6.10 Å². The standard InChI is InChI=1S/C14H16Cl2N2O2/c1-8(2)18-13(10(16)7-17-18)14(19)12-9(15)5-4-6-11(12)20-3/h4-8,14,19H,1-3H3. The molecule has 0 bridgehead atoms. The van der Waals surface area contributed by atoms with Crippen molar-refractivity contribution in [3.63, 3.8) is 0 Å². The van der Waals surface area contributed by atoms with E-state index in [4.69, 9.17) is 27.9 Å². The fourth-order valence-corrected chi connectivity index (χ4v) is 2.62. The van der Waals surface area contributed by atoms with Crippen LogP contribution in [-0.4, -0.2) is 22.0 Å². The minimum atomic E-state index is -1.00. The molecule has 1 heterocycles. The Labute approximate surface area is 127 Å². The molecule has 1 atom stereocenters. The molecule has 0 spiro atoms. The van der Waals surface area contributed by atoms with Gasteiger partial charge in [-0.1, -0.05) is 29.3 Å². The van der Waals surface area contributed by atoms with Crippen molar-refractivity contribution in [3.05, 3.63) is 45.7 Å². The summed E-state index contributed by atoms with van der Waals surface area (Å²) in [4.78, 5) is 0. The van der Waals surface area contributed by atoms with E-state index in [9.17, 15) is 5.11 Å². The number of methoxy groups -OCH3 is 1. The normalized spacial score (nSPS) is 12.8. The maximum atomic E-state index is 10.7. The Kier molecular flexibility index (Phi) is 4.58. The fourth-order valence-electron chi connectivity index (χ4n) is 2.12. The summed E-state index contributed by atoms with van der Waals surface area (Å²) in [5, 5.41) is 15.7. The summed E-state index contributed by atoms with van der Waals surface area (Å²) in [7, 11) is 1.53. The van der Waals surface area contributed by atoms with Crippen molar-refractivity contribution in [1.29, 1.82) is 0 Å². The van der Waals surface area contributed by atoms with Gasteiger partial charge in [0.25, 0.3) is 0 Å². The van der Waals surface area contributed by atoms with Gasteiger partial charge in [0.1, 0.15) is 11.9 Å². The van der Waals surface area contributed by atoms with Crippen LogP contribution in [0.3, 0.4) is 0 Å². The maximum Gasteiger partial charge on any atom is 0.127 e. The van der Waals surface area contributed by atoms with Crippen LogP contribution >= 0.6 is 23.2 Å². The monoisotopic (exact) mass is 314 g/mol. The first-order valence-electron chi connectivity index (χ1n) is 6.20. The van der Waals surface area contributed by atoms with Gasteiger partial charge in [-0.15, -0.1) is 0 Å². The average Bonchev–Trinajstić information content (AvgIpc) is 2.79. The largest absolute Gasteiger partial charge is 0.496 e. The van der Waals surface area contributed by atoms with Crippen molar-refractivity contribution in [2.75, 3.05) is 7.11 Å². The van der Waals surface area contributed by atoms with E-state index in [1.807, 2.05) is 13.8 Å². The molecule has 0 aliphatic heterocycles. The van der Waals surface area contributed by atoms with Crippen molar-refractivity contribution in [2.45, 2.75) is 26.0 Å². The van der Waals surface area contributed by atoms with E-state index in [0.29, 0.717) is 27.1 Å². The Morgan fingerprint density at radius 3 is 2.55 bits per heavy atom. The fraction of sp³-hybridized carbons (Fsp3) is 0.357. The molecule has 1 aromatic heterocycles. The summed E-state index contributed by atoms with van der Waals surface area (Å²) in [6.07, 6.45) is 0.514. The highest BCUT2D eigenvalue weighted by atomic mass is 35.5. The number of hydrogen-bond acceptors (Lipinski definition) is 3. The molecule has 1 unspecified atom stereocenters. The van der Waals surface area contributed by atoms with Crippen molar-refractivity contribution >= 4 is 23.2 Å². The first-order chi connectivity index (χ1) is 9.47. The molecule has 0 amide bonds. The molecule has 2 aromatic rings. The summed E-state index contributed by atoms with van der Waals surface area (Å²) in [5.41, 5.74) is 0.994. The number of benzene rings is 1. The lowest BCUT2D eigenvalue weighted by atomic mass is 10.0. The molecule has 2 rings (SSSR count). The summed E-state index contributed by atoms with van der Waals surface area (Å²) in [6.45, 7) is 3.92. The number of aromatic nitrogens is 2. The highest BCUT2D eigenvalue weighted by Crippen LogP contribution is 2.38. The number of aliphatic hydroxyl groups excluding tert-OH is 1. The van der Waals surface area contributed by atoms with E-state index in [2.05, 4.69) is 5.10 Å². The van der Waals surface area contributed by atoms with E-state index in [0.717, 1.165) is 0 Å². The lowest BCUT2D eigenvalue weighted by Gasteiger charge is -2.19. The second-order valence-corrected chi connectivity index (χ2v) is 5.49. The first kappa shape index (κ1) is 15.2. The smallest absolute Gasteiger partial charge is 0.127 e. The summed E-state index contributed by atoms with van der Waals surface area (Å²) < 4.78 is 6.94. The van der Waals surface area contributed by atoms with E-state index >= 15 is 0 Å². The quantitative estimate of drug-likeness (QED) is 0.932. The Bertz CT molecular complexity index is 611. The van der Waals surface area contributed by atoms with Gasteiger partial charge in [-0.3, -0.25) is 4.68 Å². The highest BCUT2D eigenvalue weighted by Gasteiger charge is 2.25. The topological polar surface area (TPSA) is 47.3 Å². The molecule has 0 aliphatic rings. The molecule has 4 nitrogen and oxygen atoms in total. The second-order valence-electron chi connectivity index (χ2n) is 4.67. The third kappa shape index (κ3) is 2.64. The Morgan fingerprint density at radius 2 is 1.95 bits per heavy atom. The Hall–Kier alpha value is -1.23. The van der Waals surface area contributed by atoms with Crippen LogP contribution in [-0.2, 0) is 0 Å². The lowest BCUT2D eigenvalue weighted by molar-refractivity contribution is 0.200. The van der Waals surface area contributed by atoms with Crippen LogP contribution in [0.5, 0.6) is 5.75 Å². The SMILES string of the molecule is COc1cccc(Cl)c1C(O)c1c(Cl)cnn1C(C)C. The van der Waals surface area contributed by atoms with Gasteiger partial charge in [0.05, 0.1) is 29.0 Å². The number of rotatable bonds is 4. The molecular formula is C14H16Cl2N2O2. The predicted molar refractivity (Wildman–Crippen MR) is 79.7 cm³/mol. The van der Waals surface area contributed by atoms with Crippen LogP contribution in [0.4, 0.5) is 0 Å². The lowest BCUT2D eigenvalue weighted by Crippen LogP contribution is -2.13.